The van der Waals surface area contributed by atoms with Gasteiger partial charge in [-0.1, -0.05) is 0 Å². The number of amides is 1. The van der Waals surface area contributed by atoms with E-state index < -0.39 is 18.2 Å². The van der Waals surface area contributed by atoms with Crippen LogP contribution >= 0.6 is 0 Å². The highest BCUT2D eigenvalue weighted by atomic mass is 16.4. The fourth-order valence-corrected chi connectivity index (χ4v) is 0.275. The number of hydrogen-bond donors (Lipinski definition) is 4. The molecule has 6 nitrogen and oxygen atoms in total. The Morgan fingerprint density at radius 3 is 2.40 bits per heavy atom. The molecular formula is C4H9N3O3. The van der Waals surface area contributed by atoms with Gasteiger partial charge in [0.1, 0.15) is 6.29 Å². The molecule has 0 aromatic rings. The number of aliphatic carboxylic acids is 1. The lowest BCUT2D eigenvalue weighted by Crippen LogP contribution is -2.52. The summed E-state index contributed by atoms with van der Waals surface area (Å²) in [6, 6.07) is 0. The van der Waals surface area contributed by atoms with Crippen molar-refractivity contribution < 1.29 is 14.7 Å². The number of carbonyl (C=O) groups is 2. The van der Waals surface area contributed by atoms with E-state index in [1.807, 2.05) is 5.32 Å². The monoisotopic (exact) mass is 147 g/mol. The Bertz CT molecular complexity index is 147. The summed E-state index contributed by atoms with van der Waals surface area (Å²) >= 11 is 0. The fraction of sp³-hybridized carbons (Fsp3) is 0.500. The number of nitrogens with one attached hydrogen (secondary N) is 2. The average Bonchev–Trinajstić information content (AvgIpc) is 1.87. The van der Waals surface area contributed by atoms with Crippen molar-refractivity contribution in [3.63, 3.8) is 0 Å². The number of carboxylic acid groups (broad SMARTS) is 1. The summed E-state index contributed by atoms with van der Waals surface area (Å²) in [6.45, 7) is 0. The van der Waals surface area contributed by atoms with Gasteiger partial charge < -0.3 is 10.4 Å². The smallest absolute Gasteiger partial charge is 0.394 e. The molecule has 0 aliphatic rings. The van der Waals surface area contributed by atoms with Gasteiger partial charge in [-0.2, -0.15) is 0 Å². The predicted molar refractivity (Wildman–Crippen MR) is 32.8 cm³/mol. The summed E-state index contributed by atoms with van der Waals surface area (Å²) in [6.07, 6.45) is -0.816. The Morgan fingerprint density at radius 2 is 2.10 bits per heavy atom. The molecule has 0 radical (unpaired) electrons. The summed E-state index contributed by atoms with van der Waals surface area (Å²) < 4.78 is 0. The van der Waals surface area contributed by atoms with Crippen molar-refractivity contribution in [2.75, 3.05) is 7.05 Å². The van der Waals surface area contributed by atoms with Crippen molar-refractivity contribution in [3.05, 3.63) is 0 Å². The van der Waals surface area contributed by atoms with Crippen LogP contribution in [0.25, 0.3) is 0 Å². The van der Waals surface area contributed by atoms with Crippen LogP contribution in [0.2, 0.25) is 0 Å². The highest BCUT2D eigenvalue weighted by Gasteiger charge is 2.12. The summed E-state index contributed by atoms with van der Waals surface area (Å²) in [5.74, 6) is -2.67. The van der Waals surface area contributed by atoms with E-state index in [0.29, 0.717) is 0 Å². The molecule has 58 valence electrons. The minimum absolute atomic E-state index is 0.816. The average molecular weight is 147 g/mol. The van der Waals surface area contributed by atoms with Gasteiger partial charge in [0.05, 0.1) is 0 Å². The van der Waals surface area contributed by atoms with Crippen molar-refractivity contribution >= 4 is 11.9 Å². The van der Waals surface area contributed by atoms with E-state index in [2.05, 4.69) is 5.32 Å². The van der Waals surface area contributed by atoms with Crippen molar-refractivity contribution in [1.82, 2.24) is 10.6 Å². The Kier molecular flexibility index (Phi) is 3.37. The lowest BCUT2D eigenvalue weighted by molar-refractivity contribution is -0.150. The molecule has 10 heavy (non-hydrogen) atoms. The molecule has 0 heterocycles. The third-order valence-electron chi connectivity index (χ3n) is 0.792. The SMILES string of the molecule is CNC(N)NC(=O)C(=O)O. The molecule has 1 amide bonds. The van der Waals surface area contributed by atoms with Crippen molar-refractivity contribution in [2.45, 2.75) is 6.29 Å². The van der Waals surface area contributed by atoms with Gasteiger partial charge in [0.15, 0.2) is 0 Å². The Balaban J connectivity index is 3.68. The first kappa shape index (κ1) is 8.86. The number of nitrogens with two attached hydrogens (primary N) is 1. The molecule has 0 aliphatic heterocycles. The van der Waals surface area contributed by atoms with Crippen LogP contribution in [0.4, 0.5) is 0 Å². The van der Waals surface area contributed by atoms with Gasteiger partial charge in [0.25, 0.3) is 0 Å². The standard InChI is InChI=1S/C4H9N3O3/c1-6-4(5)7-2(8)3(9)10/h4,6H,5H2,1H3,(H,7,8)(H,9,10). The quantitative estimate of drug-likeness (QED) is 0.258. The molecule has 0 fully saturated rings. The lowest BCUT2D eigenvalue weighted by atomic mass is 10.6. The molecule has 0 saturated heterocycles. The molecule has 0 aliphatic carbocycles. The van der Waals surface area contributed by atoms with E-state index >= 15 is 0 Å². The van der Waals surface area contributed by atoms with E-state index in [4.69, 9.17) is 10.8 Å². The van der Waals surface area contributed by atoms with Gasteiger partial charge in [0.2, 0.25) is 0 Å². The third-order valence-corrected chi connectivity index (χ3v) is 0.792. The maximum atomic E-state index is 10.3. The van der Waals surface area contributed by atoms with Crippen LogP contribution in [-0.2, 0) is 9.59 Å². The summed E-state index contributed by atoms with van der Waals surface area (Å²) in [7, 11) is 1.49. The summed E-state index contributed by atoms with van der Waals surface area (Å²) in [4.78, 5) is 20.1. The second kappa shape index (κ2) is 3.80. The molecule has 0 aromatic carbocycles. The fourth-order valence-electron chi connectivity index (χ4n) is 0.275. The Labute approximate surface area is 57.4 Å². The van der Waals surface area contributed by atoms with E-state index in [0.717, 1.165) is 0 Å². The topological polar surface area (TPSA) is 104 Å². The first-order chi connectivity index (χ1) is 4.57. The van der Waals surface area contributed by atoms with Crippen LogP contribution < -0.4 is 16.4 Å². The van der Waals surface area contributed by atoms with E-state index in [-0.39, 0.29) is 0 Å². The maximum Gasteiger partial charge on any atom is 0.394 e. The number of rotatable bonds is 2. The lowest BCUT2D eigenvalue weighted by Gasteiger charge is -2.09. The molecule has 1 unspecified atom stereocenters. The second-order valence-electron chi connectivity index (χ2n) is 1.54. The highest BCUT2D eigenvalue weighted by molar-refractivity contribution is 6.31. The van der Waals surface area contributed by atoms with E-state index in [1.54, 1.807) is 0 Å². The van der Waals surface area contributed by atoms with E-state index in [9.17, 15) is 9.59 Å². The first-order valence-electron chi connectivity index (χ1n) is 2.54. The molecule has 0 bridgehead atoms. The third kappa shape index (κ3) is 3.00. The predicted octanol–water partition coefficient (Wildman–Crippen LogP) is -2.35. The summed E-state index contributed by atoms with van der Waals surface area (Å²) in [5.41, 5.74) is 5.11. The second-order valence-corrected chi connectivity index (χ2v) is 1.54. The maximum absolute atomic E-state index is 10.3. The highest BCUT2D eigenvalue weighted by Crippen LogP contribution is 1.66. The Hall–Kier alpha value is -1.14. The van der Waals surface area contributed by atoms with Gasteiger partial charge in [0, 0.05) is 0 Å². The van der Waals surface area contributed by atoms with Crippen LogP contribution in [0, 0.1) is 0 Å². The molecular weight excluding hydrogens is 138 g/mol. The molecule has 5 N–H and O–H groups in total. The largest absolute Gasteiger partial charge is 0.474 e. The van der Waals surface area contributed by atoms with Gasteiger partial charge in [-0.05, 0) is 7.05 Å². The number of carbonyl (C=O) groups excluding carboxylic acids is 1. The van der Waals surface area contributed by atoms with E-state index in [1.165, 1.54) is 7.05 Å². The molecule has 1 atom stereocenters. The van der Waals surface area contributed by atoms with Crippen LogP contribution in [0.1, 0.15) is 0 Å². The van der Waals surface area contributed by atoms with Crippen LogP contribution in [-0.4, -0.2) is 30.3 Å². The number of carboxylic acids is 1. The molecule has 0 saturated carbocycles. The van der Waals surface area contributed by atoms with Crippen LogP contribution in [0.15, 0.2) is 0 Å². The molecule has 6 heteroatoms. The van der Waals surface area contributed by atoms with Gasteiger partial charge in [-0.25, -0.2) is 4.79 Å². The zero-order chi connectivity index (χ0) is 8.15. The van der Waals surface area contributed by atoms with Crippen LogP contribution in [0.3, 0.4) is 0 Å². The normalized spacial score (nSPS) is 12.2. The molecule has 0 aromatic heterocycles. The van der Waals surface area contributed by atoms with Crippen molar-refractivity contribution in [1.29, 1.82) is 0 Å². The number of hydrogen-bond acceptors (Lipinski definition) is 4. The van der Waals surface area contributed by atoms with Gasteiger partial charge in [-0.15, -0.1) is 0 Å². The minimum atomic E-state index is -1.55. The molecule has 0 spiro atoms. The zero-order valence-corrected chi connectivity index (χ0v) is 5.42. The van der Waals surface area contributed by atoms with Gasteiger partial charge >= 0.3 is 11.9 Å². The van der Waals surface area contributed by atoms with Crippen molar-refractivity contribution in [2.24, 2.45) is 5.73 Å². The molecule has 0 rings (SSSR count). The van der Waals surface area contributed by atoms with Crippen molar-refractivity contribution in [3.8, 4) is 0 Å². The Morgan fingerprint density at radius 1 is 1.60 bits per heavy atom. The first-order valence-corrected chi connectivity index (χ1v) is 2.54. The van der Waals surface area contributed by atoms with Gasteiger partial charge in [-0.3, -0.25) is 15.8 Å². The minimum Gasteiger partial charge on any atom is -0.474 e. The summed E-state index contributed by atoms with van der Waals surface area (Å²) in [5, 5.41) is 12.4. The zero-order valence-electron chi connectivity index (χ0n) is 5.42. The van der Waals surface area contributed by atoms with Crippen LogP contribution in [0.5, 0.6) is 0 Å².